The van der Waals surface area contributed by atoms with E-state index in [1.807, 2.05) is 13.8 Å². The number of aliphatic hydroxyl groups excluding tert-OH is 5. The average Bonchev–Trinajstić information content (AvgIpc) is 0.988. The zero-order valence-electron chi connectivity index (χ0n) is 62.4. The molecule has 4 saturated carbocycles. The number of nitrogens with zero attached hydrogens (tertiary/aromatic N) is 3. The number of aromatic hydroxyl groups is 3. The highest BCUT2D eigenvalue weighted by atomic mass is 35.5. The summed E-state index contributed by atoms with van der Waals surface area (Å²) in [4.78, 5) is 121. The Bertz CT molecular complexity index is 4600. The SMILES string of the molecule is CCCCCCCCc1cn(C[C@@H]2O[C@H](Oc3c4cc5cc3Oc3ccc(cc3Cl)[C@@H](O)[C@@H](NC(=O)[C@@H](CC(C)C)NC)C(=O)N[C@@H](CC(N)=O)C(=O)N[C@H]5C(=O)N[C@H]3C(=O)N[C@H](C(=O)N[C@H](C(=O)NC5C6CC7CC(C6)CC5C7)c5cc(O)cc(O)c5-c5cc3ccc5O)[C@H](O)c3ccc(c(Cl)c3)O4)[C@@H](O)[C@H](O)[C@H]2O)nn1. The number of phenolic OH excluding ortho intramolecular Hbond substituents is 3. The molecule has 0 unspecified atom stereocenters. The van der Waals surface area contributed by atoms with Crippen LogP contribution in [0.3, 0.4) is 0 Å². The summed E-state index contributed by atoms with van der Waals surface area (Å²) in [7, 11) is 1.50. The number of halogens is 2. The average molecular weight is 1600 g/mol. The van der Waals surface area contributed by atoms with Gasteiger partial charge in [-0.1, -0.05) is 99.5 Å². The first kappa shape index (κ1) is 81.1. The number of carbonyl (C=O) groups excluding carboxylic acids is 8. The second kappa shape index (κ2) is 34.4. The van der Waals surface area contributed by atoms with Crippen LogP contribution in [-0.4, -0.2) is 171 Å². The van der Waals surface area contributed by atoms with Crippen molar-refractivity contribution in [3.63, 3.8) is 0 Å². The minimum Gasteiger partial charge on any atom is -0.508 e. The van der Waals surface area contributed by atoms with Crippen LogP contribution in [-0.2, 0) is 56.1 Å². The fraction of sp³-hybridized carbons (Fsp3) is 0.494. The van der Waals surface area contributed by atoms with Crippen LogP contribution in [0.5, 0.6) is 46.0 Å². The van der Waals surface area contributed by atoms with Gasteiger partial charge in [-0.15, -0.1) is 5.10 Å². The van der Waals surface area contributed by atoms with Gasteiger partial charge in [-0.05, 0) is 170 Å². The lowest BCUT2D eigenvalue weighted by Crippen LogP contribution is -2.60. The molecule has 7 heterocycles. The number of aromatic nitrogens is 3. The molecule has 6 aromatic rings. The van der Waals surface area contributed by atoms with E-state index in [0.717, 1.165) is 113 Å². The lowest BCUT2D eigenvalue weighted by Gasteiger charge is -2.54. The van der Waals surface area contributed by atoms with Gasteiger partial charge in [0.25, 0.3) is 0 Å². The molecule has 6 aliphatic heterocycles. The molecule has 15 bridgehead atoms. The number of nitrogens with two attached hydrogens (primary N) is 1. The minimum absolute atomic E-state index is 0.0790. The van der Waals surface area contributed by atoms with Crippen molar-refractivity contribution in [2.75, 3.05) is 7.05 Å². The first-order chi connectivity index (χ1) is 54.0. The third kappa shape index (κ3) is 17.7. The molecular weight excluding hydrogens is 1510 g/mol. The van der Waals surface area contributed by atoms with E-state index in [1.165, 1.54) is 48.1 Å². The largest absolute Gasteiger partial charge is 0.508 e. The summed E-state index contributed by atoms with van der Waals surface area (Å²) in [5.41, 5.74) is 4.54. The number of ether oxygens (including phenoxy) is 4. The molecule has 10 aliphatic rings. The number of amides is 8. The van der Waals surface area contributed by atoms with Gasteiger partial charge < -0.3 is 108 Å². The molecule has 16 rings (SSSR count). The third-order valence-corrected chi connectivity index (χ3v) is 23.1. The Kier molecular flexibility index (Phi) is 24.7. The smallest absolute Gasteiger partial charge is 0.248 e. The van der Waals surface area contributed by atoms with Gasteiger partial charge in [0.1, 0.15) is 102 Å². The highest BCUT2D eigenvalue weighted by molar-refractivity contribution is 6.32. The quantitative estimate of drug-likeness (QED) is 0.0451. The zero-order valence-corrected chi connectivity index (χ0v) is 63.9. The third-order valence-electron chi connectivity index (χ3n) is 22.5. The van der Waals surface area contributed by atoms with Crippen LogP contribution in [0.15, 0.2) is 85.1 Å². The van der Waals surface area contributed by atoms with Crippen molar-refractivity contribution in [1.82, 2.24) is 57.5 Å². The van der Waals surface area contributed by atoms with Crippen molar-refractivity contribution in [2.45, 2.75) is 208 Å². The van der Waals surface area contributed by atoms with Crippen LogP contribution in [0.1, 0.15) is 168 Å². The van der Waals surface area contributed by atoms with Crippen molar-refractivity contribution in [3.05, 3.63) is 129 Å². The van der Waals surface area contributed by atoms with Crippen molar-refractivity contribution in [3.8, 4) is 57.1 Å². The lowest BCUT2D eigenvalue weighted by atomic mass is 9.54. The number of phenols is 3. The van der Waals surface area contributed by atoms with Crippen LogP contribution < -0.4 is 62.5 Å². The molecule has 4 aliphatic carbocycles. The van der Waals surface area contributed by atoms with Crippen LogP contribution in [0.4, 0.5) is 0 Å². The summed E-state index contributed by atoms with van der Waals surface area (Å²) in [6, 6.07) is 1.00. The number of carbonyl (C=O) groups is 8. The summed E-state index contributed by atoms with van der Waals surface area (Å²) in [6.45, 7) is 5.55. The summed E-state index contributed by atoms with van der Waals surface area (Å²) in [5.74, 6) is -12.6. The normalized spacial score (nSPS) is 28.3. The van der Waals surface area contributed by atoms with Crippen molar-refractivity contribution >= 4 is 70.5 Å². The maximum absolute atomic E-state index is 16.3. The van der Waals surface area contributed by atoms with Gasteiger partial charge in [0.15, 0.2) is 11.5 Å². The number of rotatable bonds is 20. The Morgan fingerprint density at radius 1 is 0.655 bits per heavy atom. The van der Waals surface area contributed by atoms with E-state index >= 15 is 24.0 Å². The van der Waals surface area contributed by atoms with Gasteiger partial charge in [0, 0.05) is 29.4 Å². The molecule has 8 amide bonds. The van der Waals surface area contributed by atoms with Crippen LogP contribution >= 0.6 is 23.2 Å². The molecule has 604 valence electrons. The fourth-order valence-corrected chi connectivity index (χ4v) is 17.4. The van der Waals surface area contributed by atoms with Gasteiger partial charge in [0.2, 0.25) is 59.3 Å². The molecule has 32 nitrogen and oxygen atoms in total. The molecular formula is C79H94Cl2N12O20. The Balaban J connectivity index is 0.975. The summed E-state index contributed by atoms with van der Waals surface area (Å²) in [5, 5.41) is 125. The molecule has 5 fully saturated rings. The topological polar surface area (TPSA) is 488 Å². The van der Waals surface area contributed by atoms with Crippen molar-refractivity contribution in [2.24, 2.45) is 35.3 Å². The number of unbranched alkanes of at least 4 members (excludes halogenated alkanes) is 5. The number of likely N-dealkylation sites (N-methyl/N-ethyl adjacent to an activating group) is 1. The van der Waals surface area contributed by atoms with E-state index < -0.39 is 179 Å². The van der Waals surface area contributed by atoms with Gasteiger partial charge in [-0.3, -0.25) is 38.4 Å². The molecule has 113 heavy (non-hydrogen) atoms. The van der Waals surface area contributed by atoms with Gasteiger partial charge >= 0.3 is 0 Å². The summed E-state index contributed by atoms with van der Waals surface area (Å²) >= 11 is 14.3. The molecule has 0 spiro atoms. The Morgan fingerprint density at radius 2 is 1.27 bits per heavy atom. The second-order valence-corrected chi connectivity index (χ2v) is 31.9. The molecule has 18 N–H and O–H groups in total. The molecule has 5 aromatic carbocycles. The standard InChI is InChI=1S/C79H94Cl2N12O20/c1-5-6-7-8-9-10-11-43-32-93(92-91-43)33-57-68(100)69(101)70(102)79(112-57)113-71-55-27-42-28-56(71)111-54-17-14-39(26-48(54)81)67(99)65-78(109)88-63(76(107)85-60-40-20-35-19-36(22-40)23-41(60)21-35)46-29-44(94)30-52(96)59(46)45-24-37(12-15-51(45)95)61(74(105)90-65)87-75(106)62(42)86-73(104)50(31-58(82)97)84-77(108)64(89-72(103)49(83-4)18-34(2)3)66(98)38-13-16-53(110-55)47(80)25-38/h12-17,24-30,32,34-36,40-41,49-50,57,60-70,79,83,94-96,98-102H,5-11,18-23,31,33H2,1-4H3,(H2,82,97)(H,84,108)(H,85,107)(H,86,104)(H,87,106)(H,88,109)(H,89,103)(H,90,105)/t35?,36?,40?,41?,49-,50+,57+,60?,61-,62-,63+,64-,65+,66-,67-,68+,69-,70+,79-/m1/s1. The van der Waals surface area contributed by atoms with E-state index in [1.54, 1.807) is 6.20 Å². The first-order valence-electron chi connectivity index (χ1n) is 38.2. The Morgan fingerprint density at radius 3 is 1.91 bits per heavy atom. The number of benzene rings is 5. The fourth-order valence-electron chi connectivity index (χ4n) is 17.0. The lowest BCUT2D eigenvalue weighted by molar-refractivity contribution is -0.275. The van der Waals surface area contributed by atoms with Gasteiger partial charge in [-0.2, -0.15) is 0 Å². The maximum Gasteiger partial charge on any atom is 0.248 e. The Labute approximate surface area is 659 Å². The summed E-state index contributed by atoms with van der Waals surface area (Å²) < 4.78 is 27.7. The van der Waals surface area contributed by atoms with Gasteiger partial charge in [-0.25, -0.2) is 4.68 Å². The van der Waals surface area contributed by atoms with Crippen molar-refractivity contribution < 1.29 is 98.2 Å². The molecule has 34 heteroatoms. The number of aryl methyl sites for hydroxylation is 1. The van der Waals surface area contributed by atoms with Crippen LogP contribution in [0, 0.1) is 29.6 Å². The van der Waals surface area contributed by atoms with E-state index in [0.29, 0.717) is 24.0 Å². The monoisotopic (exact) mass is 1600 g/mol. The van der Waals surface area contributed by atoms with E-state index in [4.69, 9.17) is 47.9 Å². The van der Waals surface area contributed by atoms with Crippen molar-refractivity contribution in [1.29, 1.82) is 0 Å². The minimum atomic E-state index is -2.29. The summed E-state index contributed by atoms with van der Waals surface area (Å²) in [6.07, 6.45) is -1.46. The predicted octanol–water partition coefficient (Wildman–Crippen LogP) is 4.93. The van der Waals surface area contributed by atoms with E-state index in [9.17, 15) is 55.2 Å². The number of hydrogen-bond donors (Lipinski definition) is 17. The number of primary amides is 1. The number of aliphatic hydroxyl groups is 5. The van der Waals surface area contributed by atoms with Crippen LogP contribution in [0.2, 0.25) is 10.0 Å². The maximum atomic E-state index is 16.3. The first-order valence-corrected chi connectivity index (χ1v) is 39.0. The highest BCUT2D eigenvalue weighted by Gasteiger charge is 2.51. The van der Waals surface area contributed by atoms with E-state index in [-0.39, 0.29) is 91.7 Å². The van der Waals surface area contributed by atoms with Crippen LogP contribution in [0.25, 0.3) is 11.1 Å². The highest BCUT2D eigenvalue weighted by Crippen LogP contribution is 2.55. The molecule has 1 aromatic heterocycles. The number of nitrogens with one attached hydrogen (secondary N) is 8. The number of fused-ring (bicyclic) bond motifs is 15. The number of hydrogen-bond acceptors (Lipinski definition) is 23. The molecule has 1 saturated heterocycles. The van der Waals surface area contributed by atoms with E-state index in [2.05, 4.69) is 59.8 Å². The van der Waals surface area contributed by atoms with Gasteiger partial charge in [0.05, 0.1) is 34.7 Å². The second-order valence-electron chi connectivity index (χ2n) is 31.1. The predicted molar refractivity (Wildman–Crippen MR) is 404 cm³/mol. The zero-order chi connectivity index (χ0) is 80.5. The molecule has 14 atom stereocenters. The Hall–Kier alpha value is -9.90. The molecule has 0 radical (unpaired) electrons.